The molecule has 0 saturated carbocycles. The quantitative estimate of drug-likeness (QED) is 0.807. The maximum Gasteiger partial charge on any atom is 0.200 e. The van der Waals surface area contributed by atoms with E-state index >= 15 is 0 Å². The molecule has 2 aromatic rings. The molecule has 0 spiro atoms. The minimum atomic E-state index is 0.569. The van der Waals surface area contributed by atoms with Crippen LogP contribution in [0.1, 0.15) is 25.7 Å². The van der Waals surface area contributed by atoms with E-state index in [0.717, 1.165) is 24.1 Å². The minimum absolute atomic E-state index is 0.569. The molecule has 96 valence electrons. The Morgan fingerprint density at radius 1 is 1.33 bits per heavy atom. The molecule has 1 aliphatic heterocycles. The second kappa shape index (κ2) is 5.17. The maximum atomic E-state index is 4.48. The number of halogens is 1. The third-order valence-corrected chi connectivity index (χ3v) is 3.88. The smallest absolute Gasteiger partial charge is 0.200 e. The van der Waals surface area contributed by atoms with Crippen LogP contribution in [0.25, 0.3) is 5.65 Å². The van der Waals surface area contributed by atoms with E-state index in [4.69, 9.17) is 0 Å². The van der Waals surface area contributed by atoms with Crippen LogP contribution in [0.3, 0.4) is 0 Å². The Kier molecular flexibility index (Phi) is 3.40. The number of hydrogen-bond donors (Lipinski definition) is 0. The second-order valence-electron chi connectivity index (χ2n) is 4.54. The Morgan fingerprint density at radius 3 is 3.17 bits per heavy atom. The number of aromatic nitrogens is 5. The van der Waals surface area contributed by atoms with Gasteiger partial charge < -0.3 is 4.90 Å². The SMILES string of the molecule is BrCCC1CCCCN1c1ccc2nnnn2n1. The van der Waals surface area contributed by atoms with Crippen LogP contribution in [0.4, 0.5) is 5.82 Å². The van der Waals surface area contributed by atoms with E-state index in [1.807, 2.05) is 12.1 Å². The lowest BCUT2D eigenvalue weighted by Gasteiger charge is -2.36. The van der Waals surface area contributed by atoms with Gasteiger partial charge in [-0.2, -0.15) is 0 Å². The number of rotatable bonds is 3. The molecule has 3 rings (SSSR count). The van der Waals surface area contributed by atoms with Gasteiger partial charge in [0.25, 0.3) is 0 Å². The van der Waals surface area contributed by atoms with Crippen molar-refractivity contribution in [3.8, 4) is 0 Å². The highest BCUT2D eigenvalue weighted by atomic mass is 79.9. The van der Waals surface area contributed by atoms with Gasteiger partial charge in [0.05, 0.1) is 0 Å². The molecular formula is C11H15BrN6. The minimum Gasteiger partial charge on any atom is -0.352 e. The first-order chi connectivity index (χ1) is 8.88. The van der Waals surface area contributed by atoms with Gasteiger partial charge in [-0.05, 0) is 48.2 Å². The summed E-state index contributed by atoms with van der Waals surface area (Å²) in [7, 11) is 0. The number of tetrazole rings is 1. The lowest BCUT2D eigenvalue weighted by atomic mass is 10.0. The van der Waals surface area contributed by atoms with Crippen molar-refractivity contribution in [1.29, 1.82) is 0 Å². The van der Waals surface area contributed by atoms with Crippen molar-refractivity contribution >= 4 is 27.4 Å². The molecular weight excluding hydrogens is 296 g/mol. The van der Waals surface area contributed by atoms with E-state index in [1.54, 1.807) is 0 Å². The summed E-state index contributed by atoms with van der Waals surface area (Å²) in [4.78, 5) is 2.38. The molecule has 0 aliphatic carbocycles. The molecule has 7 heteroatoms. The standard InChI is InChI=1S/C11H15BrN6/c12-7-6-9-3-1-2-8-17(9)11-5-4-10-13-15-16-18(10)14-11/h4-5,9H,1-3,6-8H2. The van der Waals surface area contributed by atoms with Crippen molar-refractivity contribution in [2.75, 3.05) is 16.8 Å². The van der Waals surface area contributed by atoms with E-state index in [9.17, 15) is 0 Å². The fourth-order valence-electron chi connectivity index (χ4n) is 2.52. The molecule has 1 atom stereocenters. The van der Waals surface area contributed by atoms with Crippen molar-refractivity contribution in [2.45, 2.75) is 31.7 Å². The van der Waals surface area contributed by atoms with Crippen LogP contribution in [0.2, 0.25) is 0 Å². The van der Waals surface area contributed by atoms with Gasteiger partial charge in [-0.1, -0.05) is 15.9 Å². The normalized spacial score (nSPS) is 20.5. The number of piperidine rings is 1. The average Bonchev–Trinajstić information content (AvgIpc) is 2.87. The molecule has 1 fully saturated rings. The number of fused-ring (bicyclic) bond motifs is 1. The predicted molar refractivity (Wildman–Crippen MR) is 72.0 cm³/mol. The van der Waals surface area contributed by atoms with E-state index < -0.39 is 0 Å². The van der Waals surface area contributed by atoms with Gasteiger partial charge in [0.1, 0.15) is 0 Å². The van der Waals surface area contributed by atoms with E-state index in [-0.39, 0.29) is 0 Å². The molecule has 1 saturated heterocycles. The van der Waals surface area contributed by atoms with Crippen LogP contribution < -0.4 is 4.90 Å². The molecule has 0 amide bonds. The summed E-state index contributed by atoms with van der Waals surface area (Å²) in [5.41, 5.74) is 0.688. The second-order valence-corrected chi connectivity index (χ2v) is 5.33. The average molecular weight is 311 g/mol. The first-order valence-electron chi connectivity index (χ1n) is 6.26. The topological polar surface area (TPSA) is 59.2 Å². The zero-order valence-corrected chi connectivity index (χ0v) is 11.6. The molecule has 3 heterocycles. The van der Waals surface area contributed by atoms with E-state index in [0.29, 0.717) is 11.7 Å². The highest BCUT2D eigenvalue weighted by molar-refractivity contribution is 9.09. The number of nitrogens with zero attached hydrogens (tertiary/aromatic N) is 6. The zero-order chi connectivity index (χ0) is 12.4. The monoisotopic (exact) mass is 310 g/mol. The van der Waals surface area contributed by atoms with Gasteiger partial charge in [-0.15, -0.1) is 14.8 Å². The van der Waals surface area contributed by atoms with Gasteiger partial charge >= 0.3 is 0 Å². The van der Waals surface area contributed by atoms with Crippen LogP contribution in [0.5, 0.6) is 0 Å². The zero-order valence-electron chi connectivity index (χ0n) is 10.0. The Bertz CT molecular complexity index is 525. The van der Waals surface area contributed by atoms with Crippen LogP contribution >= 0.6 is 15.9 Å². The van der Waals surface area contributed by atoms with E-state index in [2.05, 4.69) is 41.5 Å². The molecule has 0 bridgehead atoms. The summed E-state index contributed by atoms with van der Waals surface area (Å²) < 4.78 is 1.50. The Labute approximate surface area is 113 Å². The van der Waals surface area contributed by atoms with Crippen molar-refractivity contribution in [3.63, 3.8) is 0 Å². The molecule has 0 N–H and O–H groups in total. The lowest BCUT2D eigenvalue weighted by molar-refractivity contribution is 0.447. The highest BCUT2D eigenvalue weighted by Gasteiger charge is 2.23. The van der Waals surface area contributed by atoms with Crippen molar-refractivity contribution in [1.82, 2.24) is 25.3 Å². The molecule has 0 radical (unpaired) electrons. The van der Waals surface area contributed by atoms with Gasteiger partial charge in [0, 0.05) is 17.9 Å². The molecule has 2 aromatic heterocycles. The summed E-state index contributed by atoms with van der Waals surface area (Å²) in [6, 6.07) is 4.50. The fourth-order valence-corrected chi connectivity index (χ4v) is 3.05. The summed E-state index contributed by atoms with van der Waals surface area (Å²) in [6.45, 7) is 1.07. The first kappa shape index (κ1) is 11.8. The molecule has 1 unspecified atom stereocenters. The van der Waals surface area contributed by atoms with Crippen molar-refractivity contribution < 1.29 is 0 Å². The Morgan fingerprint density at radius 2 is 2.28 bits per heavy atom. The van der Waals surface area contributed by atoms with Crippen molar-refractivity contribution in [3.05, 3.63) is 12.1 Å². The van der Waals surface area contributed by atoms with Crippen LogP contribution in [-0.2, 0) is 0 Å². The number of anilines is 1. The van der Waals surface area contributed by atoms with E-state index in [1.165, 1.54) is 23.9 Å². The maximum absolute atomic E-state index is 4.48. The summed E-state index contributed by atoms with van der Waals surface area (Å²) in [5.74, 6) is 0.973. The summed E-state index contributed by atoms with van der Waals surface area (Å²) in [6.07, 6.45) is 4.92. The third kappa shape index (κ3) is 2.19. The van der Waals surface area contributed by atoms with Crippen LogP contribution in [0.15, 0.2) is 12.1 Å². The van der Waals surface area contributed by atoms with Crippen LogP contribution in [0, 0.1) is 0 Å². The Hall–Kier alpha value is -1.24. The summed E-state index contributed by atoms with van der Waals surface area (Å²) in [5, 5.41) is 16.9. The first-order valence-corrected chi connectivity index (χ1v) is 7.38. The number of alkyl halides is 1. The summed E-state index contributed by atoms with van der Waals surface area (Å²) >= 11 is 3.53. The lowest BCUT2D eigenvalue weighted by Crippen LogP contribution is -2.40. The molecule has 0 aromatic carbocycles. The highest BCUT2D eigenvalue weighted by Crippen LogP contribution is 2.25. The van der Waals surface area contributed by atoms with Crippen molar-refractivity contribution in [2.24, 2.45) is 0 Å². The van der Waals surface area contributed by atoms with Gasteiger partial charge in [0.15, 0.2) is 11.5 Å². The number of hydrogen-bond acceptors (Lipinski definition) is 5. The van der Waals surface area contributed by atoms with Gasteiger partial charge in [0.2, 0.25) is 0 Å². The van der Waals surface area contributed by atoms with Gasteiger partial charge in [-0.3, -0.25) is 0 Å². The predicted octanol–water partition coefficient (Wildman–Crippen LogP) is 1.66. The largest absolute Gasteiger partial charge is 0.352 e. The van der Waals surface area contributed by atoms with Gasteiger partial charge in [-0.25, -0.2) is 0 Å². The molecule has 1 aliphatic rings. The third-order valence-electron chi connectivity index (χ3n) is 3.42. The molecule has 6 nitrogen and oxygen atoms in total. The molecule has 18 heavy (non-hydrogen) atoms. The fraction of sp³-hybridized carbons (Fsp3) is 0.636. The Balaban J connectivity index is 1.90. The van der Waals surface area contributed by atoms with Crippen LogP contribution in [-0.4, -0.2) is 43.2 Å².